The van der Waals surface area contributed by atoms with E-state index in [9.17, 15) is 14.4 Å². The molecular formula is C24H29NO3. The average molecular weight is 380 g/mol. The molecule has 4 heteroatoms. The fraction of sp³-hybridized carbons (Fsp3) is 0.542. The summed E-state index contributed by atoms with van der Waals surface area (Å²) >= 11 is 0. The number of carbonyl (C=O) groups is 3. The number of likely N-dealkylation sites (tertiary alicyclic amines) is 1. The average Bonchev–Trinajstić information content (AvgIpc) is 2.63. The van der Waals surface area contributed by atoms with Crippen LogP contribution < -0.4 is 0 Å². The summed E-state index contributed by atoms with van der Waals surface area (Å²) in [5.41, 5.74) is 3.74. The van der Waals surface area contributed by atoms with E-state index in [-0.39, 0.29) is 23.4 Å². The molecule has 1 saturated heterocycles. The van der Waals surface area contributed by atoms with Gasteiger partial charge in [0, 0.05) is 38.4 Å². The second-order valence-corrected chi connectivity index (χ2v) is 8.28. The second kappa shape index (κ2) is 8.31. The number of rotatable bonds is 2. The lowest BCUT2D eigenvalue weighted by molar-refractivity contribution is -0.136. The number of carbonyl (C=O) groups excluding carboxylic acids is 3. The van der Waals surface area contributed by atoms with Gasteiger partial charge < -0.3 is 4.90 Å². The van der Waals surface area contributed by atoms with Crippen molar-refractivity contribution in [3.8, 4) is 11.8 Å². The molecule has 1 aromatic rings. The molecule has 148 valence electrons. The summed E-state index contributed by atoms with van der Waals surface area (Å²) in [7, 11) is 0. The van der Waals surface area contributed by atoms with Crippen LogP contribution in [0.1, 0.15) is 67.7 Å². The Labute approximate surface area is 167 Å². The summed E-state index contributed by atoms with van der Waals surface area (Å²) in [6, 6.07) is 3.95. The van der Waals surface area contributed by atoms with E-state index in [1.165, 1.54) is 0 Å². The Morgan fingerprint density at radius 2 is 1.54 bits per heavy atom. The predicted octanol–water partition coefficient (Wildman–Crippen LogP) is 3.57. The van der Waals surface area contributed by atoms with Gasteiger partial charge in [-0.15, -0.1) is 5.92 Å². The highest BCUT2D eigenvalue weighted by molar-refractivity contribution is 6.10. The van der Waals surface area contributed by atoms with Gasteiger partial charge >= 0.3 is 0 Å². The van der Waals surface area contributed by atoms with Gasteiger partial charge in [0.25, 0.3) is 0 Å². The highest BCUT2D eigenvalue weighted by Gasteiger charge is 2.41. The van der Waals surface area contributed by atoms with Crippen LogP contribution in [-0.2, 0) is 14.4 Å². The van der Waals surface area contributed by atoms with Crippen LogP contribution >= 0.6 is 0 Å². The molecule has 2 fully saturated rings. The molecule has 2 aliphatic rings. The first kappa shape index (κ1) is 20.3. The maximum absolute atomic E-state index is 13.0. The van der Waals surface area contributed by atoms with E-state index >= 15 is 0 Å². The van der Waals surface area contributed by atoms with Crippen LogP contribution in [0.2, 0.25) is 0 Å². The van der Waals surface area contributed by atoms with Crippen molar-refractivity contribution in [2.75, 3.05) is 13.1 Å². The highest BCUT2D eigenvalue weighted by atomic mass is 16.2. The van der Waals surface area contributed by atoms with Crippen molar-refractivity contribution in [3.05, 3.63) is 34.4 Å². The third-order valence-corrected chi connectivity index (χ3v) is 6.37. The molecule has 1 heterocycles. The third kappa shape index (κ3) is 4.04. The largest absolute Gasteiger partial charge is 0.343 e. The van der Waals surface area contributed by atoms with Crippen LogP contribution in [-0.4, -0.2) is 35.5 Å². The van der Waals surface area contributed by atoms with Crippen molar-refractivity contribution < 1.29 is 14.4 Å². The van der Waals surface area contributed by atoms with Gasteiger partial charge in [0.15, 0.2) is 0 Å². The molecule has 0 spiro atoms. The Kier molecular flexibility index (Phi) is 6.03. The zero-order valence-corrected chi connectivity index (χ0v) is 17.3. The molecule has 1 amide bonds. The summed E-state index contributed by atoms with van der Waals surface area (Å²) in [5, 5.41) is 0. The Morgan fingerprint density at radius 1 is 1.00 bits per heavy atom. The molecule has 0 atom stereocenters. The smallest absolute Gasteiger partial charge is 0.219 e. The molecule has 1 aliphatic heterocycles. The lowest BCUT2D eigenvalue weighted by Crippen LogP contribution is -2.42. The van der Waals surface area contributed by atoms with E-state index in [0.717, 1.165) is 48.2 Å². The summed E-state index contributed by atoms with van der Waals surface area (Å²) in [6.45, 7) is 8.80. The molecule has 0 bridgehead atoms. The van der Waals surface area contributed by atoms with Crippen LogP contribution in [0, 0.1) is 37.5 Å². The number of ketones is 2. The van der Waals surface area contributed by atoms with E-state index in [1.807, 2.05) is 30.9 Å². The molecule has 1 aliphatic carbocycles. The topological polar surface area (TPSA) is 54.5 Å². The maximum atomic E-state index is 13.0. The van der Waals surface area contributed by atoms with Crippen LogP contribution in [0.5, 0.6) is 0 Å². The van der Waals surface area contributed by atoms with Gasteiger partial charge in [0.05, 0.1) is 0 Å². The van der Waals surface area contributed by atoms with Gasteiger partial charge in [-0.05, 0) is 74.3 Å². The third-order valence-electron chi connectivity index (χ3n) is 6.37. The van der Waals surface area contributed by atoms with E-state index in [1.54, 1.807) is 13.8 Å². The van der Waals surface area contributed by atoms with Gasteiger partial charge in [-0.1, -0.05) is 5.92 Å². The van der Waals surface area contributed by atoms with Crippen LogP contribution in [0.25, 0.3) is 0 Å². The van der Waals surface area contributed by atoms with E-state index in [4.69, 9.17) is 0 Å². The normalized spacial score (nSPS) is 23.4. The van der Waals surface area contributed by atoms with Gasteiger partial charge in [-0.25, -0.2) is 0 Å². The molecule has 28 heavy (non-hydrogen) atoms. The zero-order valence-electron chi connectivity index (χ0n) is 17.3. The minimum atomic E-state index is -0.628. The number of nitrogens with zero attached hydrogens (tertiary/aromatic N) is 1. The second-order valence-electron chi connectivity index (χ2n) is 8.28. The lowest BCUT2D eigenvalue weighted by atomic mass is 9.69. The molecule has 1 saturated carbocycles. The number of hydrogen-bond acceptors (Lipinski definition) is 3. The number of piperidine rings is 1. The fourth-order valence-corrected chi connectivity index (χ4v) is 4.99. The zero-order chi connectivity index (χ0) is 20.4. The summed E-state index contributed by atoms with van der Waals surface area (Å²) in [4.78, 5) is 39.4. The Hall–Kier alpha value is -2.41. The predicted molar refractivity (Wildman–Crippen MR) is 109 cm³/mol. The molecule has 0 radical (unpaired) electrons. The van der Waals surface area contributed by atoms with Gasteiger partial charge in [-0.3, -0.25) is 14.4 Å². The molecule has 0 unspecified atom stereocenters. The van der Waals surface area contributed by atoms with E-state index < -0.39 is 5.92 Å². The fourth-order valence-electron chi connectivity index (χ4n) is 4.99. The standard InChI is InChI=1S/C24H29NO3/c1-5-6-18-11-15(2)23(16(3)12-18)24-21(27)13-20(14-22(24)28)19-7-9-25(10-8-19)17(4)26/h11-12,19-20,24H,7-10,13-14H2,1-4H3. The monoisotopic (exact) mass is 379 g/mol. The van der Waals surface area contributed by atoms with Crippen molar-refractivity contribution in [2.45, 2.75) is 59.3 Å². The number of benzene rings is 1. The van der Waals surface area contributed by atoms with Gasteiger partial charge in [0.2, 0.25) is 5.91 Å². The van der Waals surface area contributed by atoms with Crippen LogP contribution in [0.4, 0.5) is 0 Å². The van der Waals surface area contributed by atoms with Gasteiger partial charge in [0.1, 0.15) is 17.5 Å². The molecule has 4 nitrogen and oxygen atoms in total. The van der Waals surface area contributed by atoms with Crippen LogP contribution in [0.15, 0.2) is 12.1 Å². The molecule has 0 N–H and O–H groups in total. The Morgan fingerprint density at radius 3 is 2.00 bits per heavy atom. The first-order chi connectivity index (χ1) is 13.3. The number of Topliss-reactive ketones (excluding diaryl/α,β-unsaturated/α-hetero) is 2. The highest BCUT2D eigenvalue weighted by Crippen LogP contribution is 2.39. The molecule has 3 rings (SSSR count). The Bertz CT molecular complexity index is 825. The number of amides is 1. The first-order valence-electron chi connectivity index (χ1n) is 10.2. The van der Waals surface area contributed by atoms with E-state index in [0.29, 0.717) is 18.8 Å². The number of aryl methyl sites for hydroxylation is 2. The molecular weight excluding hydrogens is 350 g/mol. The minimum absolute atomic E-state index is 0.0516. The number of hydrogen-bond donors (Lipinski definition) is 0. The SMILES string of the molecule is CC#Cc1cc(C)c(C2C(=O)CC(C3CCN(C(C)=O)CC3)CC2=O)c(C)c1. The summed E-state index contributed by atoms with van der Waals surface area (Å²) in [6.07, 6.45) is 2.71. The van der Waals surface area contributed by atoms with Crippen molar-refractivity contribution >= 4 is 17.5 Å². The van der Waals surface area contributed by atoms with Crippen LogP contribution in [0.3, 0.4) is 0 Å². The minimum Gasteiger partial charge on any atom is -0.343 e. The quantitative estimate of drug-likeness (QED) is 0.583. The van der Waals surface area contributed by atoms with Crippen molar-refractivity contribution in [3.63, 3.8) is 0 Å². The lowest BCUT2D eigenvalue weighted by Gasteiger charge is -2.38. The summed E-state index contributed by atoms with van der Waals surface area (Å²) < 4.78 is 0. The van der Waals surface area contributed by atoms with Gasteiger partial charge in [-0.2, -0.15) is 0 Å². The van der Waals surface area contributed by atoms with Crippen molar-refractivity contribution in [2.24, 2.45) is 11.8 Å². The maximum Gasteiger partial charge on any atom is 0.219 e. The molecule has 1 aromatic carbocycles. The Balaban J connectivity index is 1.76. The van der Waals surface area contributed by atoms with Crippen molar-refractivity contribution in [1.29, 1.82) is 0 Å². The molecule has 0 aromatic heterocycles. The van der Waals surface area contributed by atoms with Crippen molar-refractivity contribution in [1.82, 2.24) is 4.90 Å². The first-order valence-corrected chi connectivity index (χ1v) is 10.2. The summed E-state index contributed by atoms with van der Waals surface area (Å²) in [5.74, 6) is 6.01. The van der Waals surface area contributed by atoms with E-state index in [2.05, 4.69) is 11.8 Å².